The van der Waals surface area contributed by atoms with Crippen molar-refractivity contribution in [2.75, 3.05) is 19.7 Å². The molecule has 1 atom stereocenters. The lowest BCUT2D eigenvalue weighted by Crippen LogP contribution is -2.57. The normalized spacial score (nSPS) is 23.1. The lowest BCUT2D eigenvalue weighted by Gasteiger charge is -2.39. The maximum atomic E-state index is 12.6. The van der Waals surface area contributed by atoms with E-state index in [1.807, 2.05) is 0 Å². The van der Waals surface area contributed by atoms with Crippen LogP contribution < -0.4 is 10.6 Å². The van der Waals surface area contributed by atoms with E-state index in [0.717, 1.165) is 30.3 Å². The largest absolute Gasteiger partial charge is 0.366 e. The molecule has 0 spiro atoms. The molecule has 0 unspecified atom stereocenters. The smallest absolute Gasteiger partial charge is 0.250 e. The number of benzene rings is 1. The van der Waals surface area contributed by atoms with Crippen LogP contribution in [-0.2, 0) is 16.0 Å². The zero-order valence-corrected chi connectivity index (χ0v) is 16.3. The summed E-state index contributed by atoms with van der Waals surface area (Å²) in [7, 11) is 0. The molecule has 0 radical (unpaired) electrons. The molecular formula is C18H26BrClN2O2. The minimum Gasteiger partial charge on any atom is -0.366 e. The monoisotopic (exact) mass is 416 g/mol. The molecule has 1 heterocycles. The molecule has 1 saturated carbocycles. The second-order valence-electron chi connectivity index (χ2n) is 6.70. The van der Waals surface area contributed by atoms with Crippen molar-refractivity contribution >= 4 is 34.2 Å². The van der Waals surface area contributed by atoms with Crippen LogP contribution in [0.5, 0.6) is 0 Å². The highest BCUT2D eigenvalue weighted by Gasteiger charge is 2.36. The Balaban J connectivity index is 0.00000208. The van der Waals surface area contributed by atoms with Crippen LogP contribution in [0.15, 0.2) is 28.7 Å². The highest BCUT2D eigenvalue weighted by molar-refractivity contribution is 9.10. The molecule has 4 nitrogen and oxygen atoms in total. The second-order valence-corrected chi connectivity index (χ2v) is 7.61. The van der Waals surface area contributed by atoms with Gasteiger partial charge in [0.05, 0.1) is 6.61 Å². The summed E-state index contributed by atoms with van der Waals surface area (Å²) < 4.78 is 6.70. The maximum Gasteiger partial charge on any atom is 0.250 e. The van der Waals surface area contributed by atoms with Crippen LogP contribution in [0.25, 0.3) is 0 Å². The van der Waals surface area contributed by atoms with Gasteiger partial charge in [0, 0.05) is 23.1 Å². The van der Waals surface area contributed by atoms with E-state index in [0.29, 0.717) is 13.2 Å². The highest BCUT2D eigenvalue weighted by Crippen LogP contribution is 2.32. The van der Waals surface area contributed by atoms with Gasteiger partial charge >= 0.3 is 0 Å². The minimum absolute atomic E-state index is 0. The van der Waals surface area contributed by atoms with Crippen LogP contribution in [0.4, 0.5) is 0 Å². The molecule has 1 aliphatic heterocycles. The predicted molar refractivity (Wildman–Crippen MR) is 102 cm³/mol. The first-order chi connectivity index (χ1) is 11.2. The molecule has 1 aromatic carbocycles. The van der Waals surface area contributed by atoms with Gasteiger partial charge in [0.1, 0.15) is 6.10 Å². The molecular weight excluding hydrogens is 392 g/mol. The first-order valence-corrected chi connectivity index (χ1v) is 9.35. The lowest BCUT2D eigenvalue weighted by atomic mass is 9.77. The first kappa shape index (κ1) is 19.7. The van der Waals surface area contributed by atoms with Gasteiger partial charge in [-0.05, 0) is 37.0 Å². The number of nitrogens with one attached hydrogen (secondary N) is 2. The van der Waals surface area contributed by atoms with Crippen LogP contribution >= 0.6 is 28.3 Å². The van der Waals surface area contributed by atoms with E-state index in [9.17, 15) is 4.79 Å². The van der Waals surface area contributed by atoms with Crippen LogP contribution in [-0.4, -0.2) is 37.2 Å². The third-order valence-electron chi connectivity index (χ3n) is 4.87. The summed E-state index contributed by atoms with van der Waals surface area (Å²) in [5.74, 6) is 0.0382. The number of rotatable bonds is 4. The Hall–Kier alpha value is -0.620. The number of carbonyl (C=O) groups is 1. The number of hydrogen-bond acceptors (Lipinski definition) is 3. The molecule has 1 saturated heterocycles. The van der Waals surface area contributed by atoms with Crippen LogP contribution in [0.1, 0.15) is 37.7 Å². The quantitative estimate of drug-likeness (QED) is 0.791. The van der Waals surface area contributed by atoms with Crippen molar-refractivity contribution in [1.82, 2.24) is 10.6 Å². The Morgan fingerprint density at radius 2 is 1.96 bits per heavy atom. The standard InChI is InChI=1S/C18H25BrN2O2.ClH/c19-15-6-4-14(5-7-15)12-18(8-2-1-3-9-18)21-17(22)16-13-20-10-11-23-16;/h4-7,16,20H,1-3,8-13H2,(H,21,22);1H/t16-;/m1./s1. The molecule has 134 valence electrons. The molecule has 1 aliphatic carbocycles. The average molecular weight is 418 g/mol. The van der Waals surface area contributed by atoms with Gasteiger partial charge in [-0.1, -0.05) is 47.3 Å². The fraction of sp³-hybridized carbons (Fsp3) is 0.611. The van der Waals surface area contributed by atoms with Crippen molar-refractivity contribution in [2.24, 2.45) is 0 Å². The van der Waals surface area contributed by atoms with Crippen molar-refractivity contribution in [1.29, 1.82) is 0 Å². The Labute approximate surface area is 158 Å². The molecule has 1 amide bonds. The summed E-state index contributed by atoms with van der Waals surface area (Å²) in [6.07, 6.45) is 6.27. The first-order valence-electron chi connectivity index (χ1n) is 8.56. The fourth-order valence-electron chi connectivity index (χ4n) is 3.64. The van der Waals surface area contributed by atoms with Crippen LogP contribution in [0, 0.1) is 0 Å². The van der Waals surface area contributed by atoms with E-state index < -0.39 is 0 Å². The summed E-state index contributed by atoms with van der Waals surface area (Å²) in [5, 5.41) is 6.58. The topological polar surface area (TPSA) is 50.4 Å². The summed E-state index contributed by atoms with van der Waals surface area (Å²) in [4.78, 5) is 12.6. The Morgan fingerprint density at radius 1 is 1.25 bits per heavy atom. The number of amides is 1. The zero-order valence-electron chi connectivity index (χ0n) is 13.9. The third kappa shape index (κ3) is 5.19. The molecule has 0 bridgehead atoms. The second kappa shape index (κ2) is 9.18. The lowest BCUT2D eigenvalue weighted by molar-refractivity contribution is -0.136. The minimum atomic E-state index is -0.354. The van der Waals surface area contributed by atoms with Crippen molar-refractivity contribution in [3.63, 3.8) is 0 Å². The number of hydrogen-bond donors (Lipinski definition) is 2. The Kier molecular flexibility index (Phi) is 7.54. The molecule has 1 aromatic rings. The molecule has 24 heavy (non-hydrogen) atoms. The van der Waals surface area contributed by atoms with E-state index in [4.69, 9.17) is 4.74 Å². The van der Waals surface area contributed by atoms with Gasteiger partial charge in [0.25, 0.3) is 5.91 Å². The van der Waals surface area contributed by atoms with E-state index >= 15 is 0 Å². The maximum absolute atomic E-state index is 12.6. The fourth-order valence-corrected chi connectivity index (χ4v) is 3.91. The van der Waals surface area contributed by atoms with Gasteiger partial charge in [-0.15, -0.1) is 12.4 Å². The van der Waals surface area contributed by atoms with Gasteiger partial charge in [0.15, 0.2) is 0 Å². The van der Waals surface area contributed by atoms with Crippen molar-refractivity contribution in [3.05, 3.63) is 34.3 Å². The highest BCUT2D eigenvalue weighted by atomic mass is 79.9. The van der Waals surface area contributed by atoms with E-state index in [1.165, 1.54) is 24.8 Å². The van der Waals surface area contributed by atoms with Gasteiger partial charge in [-0.3, -0.25) is 4.79 Å². The van der Waals surface area contributed by atoms with Crippen molar-refractivity contribution in [2.45, 2.75) is 50.2 Å². The van der Waals surface area contributed by atoms with Crippen molar-refractivity contribution < 1.29 is 9.53 Å². The number of carbonyl (C=O) groups excluding carboxylic acids is 1. The van der Waals surface area contributed by atoms with Crippen LogP contribution in [0.2, 0.25) is 0 Å². The molecule has 6 heteroatoms. The number of ether oxygens (including phenoxy) is 1. The third-order valence-corrected chi connectivity index (χ3v) is 5.40. The Bertz CT molecular complexity index is 526. The predicted octanol–water partition coefficient (Wildman–Crippen LogP) is 3.22. The molecule has 2 N–H and O–H groups in total. The molecule has 2 fully saturated rings. The van der Waals surface area contributed by atoms with Gasteiger partial charge in [0.2, 0.25) is 0 Å². The summed E-state index contributed by atoms with van der Waals surface area (Å²) in [6.45, 7) is 2.05. The Morgan fingerprint density at radius 3 is 2.58 bits per heavy atom. The zero-order chi connectivity index (χ0) is 16.1. The summed E-state index contributed by atoms with van der Waals surface area (Å²) in [5.41, 5.74) is 1.15. The van der Waals surface area contributed by atoms with Crippen molar-refractivity contribution in [3.8, 4) is 0 Å². The molecule has 2 aliphatic rings. The number of halogens is 2. The molecule has 3 rings (SSSR count). The average Bonchev–Trinajstić information content (AvgIpc) is 2.58. The van der Waals surface area contributed by atoms with Crippen LogP contribution in [0.3, 0.4) is 0 Å². The number of morpholine rings is 1. The summed E-state index contributed by atoms with van der Waals surface area (Å²) >= 11 is 3.48. The summed E-state index contributed by atoms with van der Waals surface area (Å²) in [6, 6.07) is 8.43. The SMILES string of the molecule is Cl.O=C(NC1(Cc2ccc(Br)cc2)CCCCC1)[C@H]1CNCCO1. The van der Waals surface area contributed by atoms with E-state index in [2.05, 4.69) is 50.8 Å². The molecule has 0 aromatic heterocycles. The van der Waals surface area contributed by atoms with E-state index in [-0.39, 0.29) is 30.0 Å². The van der Waals surface area contributed by atoms with Gasteiger partial charge < -0.3 is 15.4 Å². The van der Waals surface area contributed by atoms with Gasteiger partial charge in [-0.25, -0.2) is 0 Å². The van der Waals surface area contributed by atoms with Gasteiger partial charge in [-0.2, -0.15) is 0 Å². The van der Waals surface area contributed by atoms with E-state index in [1.54, 1.807) is 0 Å².